The molecule has 3 aromatic rings. The lowest BCUT2D eigenvalue weighted by molar-refractivity contribution is 0.0964. The van der Waals surface area contributed by atoms with E-state index in [9.17, 15) is 17.6 Å². The first-order valence-electron chi connectivity index (χ1n) is 9.23. The standard InChI is InChI=1S/C21H21FN2O4S/c1-23-21(25)19-16-10-15(12-4-5-12)17(24(2)29(3,26)27)11-18(16)28-20(19)13-6-8-14(22)9-7-13/h6-12H,4-5H2,1-3H3,(H,23,25). The lowest BCUT2D eigenvalue weighted by Gasteiger charge is -2.20. The third-order valence-corrected chi connectivity index (χ3v) is 6.44. The number of hydrogen-bond donors (Lipinski definition) is 1. The highest BCUT2D eigenvalue weighted by Gasteiger charge is 2.32. The van der Waals surface area contributed by atoms with E-state index in [2.05, 4.69) is 5.32 Å². The molecule has 8 heteroatoms. The van der Waals surface area contributed by atoms with Crippen molar-refractivity contribution in [1.29, 1.82) is 0 Å². The summed E-state index contributed by atoms with van der Waals surface area (Å²) in [6.45, 7) is 0. The highest BCUT2D eigenvalue weighted by atomic mass is 32.2. The lowest BCUT2D eigenvalue weighted by Crippen LogP contribution is -2.25. The number of halogens is 1. The van der Waals surface area contributed by atoms with E-state index < -0.39 is 10.0 Å². The highest BCUT2D eigenvalue weighted by molar-refractivity contribution is 7.92. The number of carbonyl (C=O) groups excluding carboxylic acids is 1. The number of nitrogens with zero attached hydrogens (tertiary/aromatic N) is 1. The SMILES string of the molecule is CNC(=O)c1c(-c2ccc(F)cc2)oc2cc(N(C)S(C)(=O)=O)c(C3CC3)cc12. The van der Waals surface area contributed by atoms with Crippen LogP contribution >= 0.6 is 0 Å². The number of sulfonamides is 1. The quantitative estimate of drug-likeness (QED) is 0.685. The Bertz CT molecular complexity index is 1210. The zero-order valence-corrected chi connectivity index (χ0v) is 17.1. The first-order chi connectivity index (χ1) is 13.7. The van der Waals surface area contributed by atoms with Crippen molar-refractivity contribution in [3.05, 3.63) is 53.3 Å². The minimum atomic E-state index is -3.46. The van der Waals surface area contributed by atoms with E-state index in [1.807, 2.05) is 6.07 Å². The number of fused-ring (bicyclic) bond motifs is 1. The molecule has 2 aromatic carbocycles. The Morgan fingerprint density at radius 3 is 2.41 bits per heavy atom. The summed E-state index contributed by atoms with van der Waals surface area (Å²) in [6.07, 6.45) is 3.08. The van der Waals surface area contributed by atoms with Crippen LogP contribution in [-0.4, -0.2) is 34.7 Å². The van der Waals surface area contributed by atoms with Gasteiger partial charge < -0.3 is 9.73 Å². The van der Waals surface area contributed by atoms with E-state index in [4.69, 9.17) is 4.42 Å². The molecule has 0 atom stereocenters. The lowest BCUT2D eigenvalue weighted by atomic mass is 10.0. The number of nitrogens with one attached hydrogen (secondary N) is 1. The summed E-state index contributed by atoms with van der Waals surface area (Å²) in [5.74, 6) is -0.144. The first kappa shape index (κ1) is 19.4. The summed E-state index contributed by atoms with van der Waals surface area (Å²) in [5.41, 5.74) is 2.74. The predicted molar refractivity (Wildman–Crippen MR) is 110 cm³/mol. The Balaban J connectivity index is 2.00. The molecule has 1 amide bonds. The molecule has 0 saturated heterocycles. The number of benzene rings is 2. The van der Waals surface area contributed by atoms with Gasteiger partial charge in [-0.2, -0.15) is 0 Å². The molecular formula is C21H21FN2O4S. The van der Waals surface area contributed by atoms with Crippen LogP contribution in [-0.2, 0) is 10.0 Å². The zero-order chi connectivity index (χ0) is 20.9. The van der Waals surface area contributed by atoms with Gasteiger partial charge in [-0.3, -0.25) is 9.10 Å². The number of rotatable bonds is 5. The molecule has 6 nitrogen and oxygen atoms in total. The van der Waals surface area contributed by atoms with Crippen molar-refractivity contribution in [2.24, 2.45) is 0 Å². The number of furan rings is 1. The third-order valence-electron chi connectivity index (χ3n) is 5.25. The van der Waals surface area contributed by atoms with Crippen LogP contribution in [0.4, 0.5) is 10.1 Å². The largest absolute Gasteiger partial charge is 0.455 e. The van der Waals surface area contributed by atoms with Crippen LogP contribution in [0, 0.1) is 5.82 Å². The maximum atomic E-state index is 13.4. The van der Waals surface area contributed by atoms with Gasteiger partial charge in [0.25, 0.3) is 5.91 Å². The van der Waals surface area contributed by atoms with E-state index in [1.165, 1.54) is 30.5 Å². The monoisotopic (exact) mass is 416 g/mol. The minimum absolute atomic E-state index is 0.250. The van der Waals surface area contributed by atoms with Gasteiger partial charge in [-0.15, -0.1) is 0 Å². The molecule has 1 aliphatic carbocycles. The van der Waals surface area contributed by atoms with Gasteiger partial charge in [-0.25, -0.2) is 12.8 Å². The number of hydrogen-bond acceptors (Lipinski definition) is 4. The third kappa shape index (κ3) is 3.48. The Labute approximate surface area is 168 Å². The van der Waals surface area contributed by atoms with Gasteiger partial charge in [-0.05, 0) is 54.7 Å². The second-order valence-corrected chi connectivity index (χ2v) is 9.32. The van der Waals surface area contributed by atoms with Crippen LogP contribution in [0.1, 0.15) is 34.7 Å². The average molecular weight is 416 g/mol. The summed E-state index contributed by atoms with van der Waals surface area (Å²) in [5, 5.41) is 3.24. The highest BCUT2D eigenvalue weighted by Crippen LogP contribution is 2.47. The molecule has 1 heterocycles. The van der Waals surface area contributed by atoms with Gasteiger partial charge in [-0.1, -0.05) is 0 Å². The van der Waals surface area contributed by atoms with Crippen molar-refractivity contribution < 1.29 is 22.0 Å². The molecule has 0 aliphatic heterocycles. The average Bonchev–Trinajstić information content (AvgIpc) is 3.46. The van der Waals surface area contributed by atoms with E-state index in [0.29, 0.717) is 33.5 Å². The molecule has 1 N–H and O–H groups in total. The molecule has 1 saturated carbocycles. The molecule has 0 radical (unpaired) electrons. The van der Waals surface area contributed by atoms with Gasteiger partial charge in [0.05, 0.1) is 17.5 Å². The molecule has 0 bridgehead atoms. The zero-order valence-electron chi connectivity index (χ0n) is 16.3. The summed E-state index contributed by atoms with van der Waals surface area (Å²) < 4.78 is 44.9. The van der Waals surface area contributed by atoms with E-state index in [0.717, 1.165) is 24.7 Å². The molecule has 1 aliphatic rings. The van der Waals surface area contributed by atoms with Crippen LogP contribution in [0.3, 0.4) is 0 Å². The Hall–Kier alpha value is -2.87. The fourth-order valence-electron chi connectivity index (χ4n) is 3.48. The summed E-state index contributed by atoms with van der Waals surface area (Å²) >= 11 is 0. The maximum Gasteiger partial charge on any atom is 0.255 e. The molecule has 4 rings (SSSR count). The molecule has 0 unspecified atom stereocenters. The molecule has 1 fully saturated rings. The number of anilines is 1. The van der Waals surface area contributed by atoms with E-state index >= 15 is 0 Å². The van der Waals surface area contributed by atoms with Crippen molar-refractivity contribution in [1.82, 2.24) is 5.32 Å². The second kappa shape index (κ2) is 6.88. The Morgan fingerprint density at radius 2 is 1.86 bits per heavy atom. The number of carbonyl (C=O) groups is 1. The predicted octanol–water partition coefficient (Wildman–Crippen LogP) is 3.87. The molecule has 1 aromatic heterocycles. The molecule has 152 valence electrons. The van der Waals surface area contributed by atoms with Crippen LogP contribution < -0.4 is 9.62 Å². The van der Waals surface area contributed by atoms with Crippen LogP contribution in [0.2, 0.25) is 0 Å². The first-order valence-corrected chi connectivity index (χ1v) is 11.1. The fraction of sp³-hybridized carbons (Fsp3) is 0.286. The van der Waals surface area contributed by atoms with E-state index in [-0.39, 0.29) is 17.6 Å². The van der Waals surface area contributed by atoms with Gasteiger partial charge in [0.15, 0.2) is 0 Å². The number of amides is 1. The van der Waals surface area contributed by atoms with Crippen LogP contribution in [0.5, 0.6) is 0 Å². The molecular weight excluding hydrogens is 395 g/mol. The van der Waals surface area contributed by atoms with Gasteiger partial charge >= 0.3 is 0 Å². The Kier molecular flexibility index (Phi) is 4.61. The summed E-state index contributed by atoms with van der Waals surface area (Å²) in [7, 11) is -0.427. The fourth-order valence-corrected chi connectivity index (χ4v) is 3.99. The normalized spacial score (nSPS) is 14.2. The maximum absolute atomic E-state index is 13.4. The van der Waals surface area contributed by atoms with Gasteiger partial charge in [0.2, 0.25) is 10.0 Å². The second-order valence-electron chi connectivity index (χ2n) is 7.30. The molecule has 29 heavy (non-hydrogen) atoms. The van der Waals surface area contributed by atoms with E-state index in [1.54, 1.807) is 18.2 Å². The van der Waals surface area contributed by atoms with Crippen molar-refractivity contribution in [2.45, 2.75) is 18.8 Å². The van der Waals surface area contributed by atoms with Crippen molar-refractivity contribution in [2.75, 3.05) is 24.7 Å². The van der Waals surface area contributed by atoms with Crippen molar-refractivity contribution in [3.8, 4) is 11.3 Å². The topological polar surface area (TPSA) is 79.6 Å². The van der Waals surface area contributed by atoms with Gasteiger partial charge in [0.1, 0.15) is 17.2 Å². The smallest absolute Gasteiger partial charge is 0.255 e. The summed E-state index contributed by atoms with van der Waals surface area (Å²) in [4.78, 5) is 12.7. The Morgan fingerprint density at radius 1 is 1.21 bits per heavy atom. The molecule has 0 spiro atoms. The van der Waals surface area contributed by atoms with Crippen molar-refractivity contribution >= 4 is 32.6 Å². The van der Waals surface area contributed by atoms with Crippen LogP contribution in [0.25, 0.3) is 22.3 Å². The van der Waals surface area contributed by atoms with Crippen LogP contribution in [0.15, 0.2) is 40.8 Å². The minimum Gasteiger partial charge on any atom is -0.455 e. The van der Waals surface area contributed by atoms with Gasteiger partial charge in [0, 0.05) is 31.1 Å². The van der Waals surface area contributed by atoms with Crippen molar-refractivity contribution in [3.63, 3.8) is 0 Å². The summed E-state index contributed by atoms with van der Waals surface area (Å²) in [6, 6.07) is 9.22.